The van der Waals surface area contributed by atoms with Crippen LogP contribution in [-0.4, -0.2) is 95.5 Å². The van der Waals surface area contributed by atoms with Crippen molar-refractivity contribution in [3.05, 3.63) is 42.0 Å². The van der Waals surface area contributed by atoms with Gasteiger partial charge in [0.05, 0.1) is 31.1 Å². The van der Waals surface area contributed by atoms with Gasteiger partial charge in [-0.15, -0.1) is 0 Å². The lowest BCUT2D eigenvalue weighted by molar-refractivity contribution is -0.00130. The number of ether oxygens (including phenoxy) is 3. The van der Waals surface area contributed by atoms with Crippen LogP contribution in [0.5, 0.6) is 5.88 Å². The lowest BCUT2D eigenvalue weighted by atomic mass is 9.91. The van der Waals surface area contributed by atoms with Crippen molar-refractivity contribution in [3.63, 3.8) is 0 Å². The Morgan fingerprint density at radius 2 is 1.77 bits per heavy atom. The average Bonchev–Trinajstić information content (AvgIpc) is 3.70. The SMILES string of the molecule is Cc1cc(-c2nc(C(=O)Nc3cc4sc(N5CCOCC5)nc4nc3O[C@H]3CC[C@H](N4CCOCC4)CC3)co2)ccn1. The first kappa shape index (κ1) is 28.1. The summed E-state index contributed by atoms with van der Waals surface area (Å²) in [5.74, 6) is 0.332. The molecule has 1 saturated carbocycles. The number of thiazole rings is 1. The number of hydrogen-bond acceptors (Lipinski definition) is 12. The van der Waals surface area contributed by atoms with Gasteiger partial charge in [-0.1, -0.05) is 11.3 Å². The van der Waals surface area contributed by atoms with Crippen LogP contribution in [0.25, 0.3) is 21.8 Å². The first-order valence-electron chi connectivity index (χ1n) is 14.9. The van der Waals surface area contributed by atoms with Gasteiger partial charge in [0.2, 0.25) is 11.8 Å². The molecule has 0 atom stereocenters. The van der Waals surface area contributed by atoms with Gasteiger partial charge >= 0.3 is 0 Å². The zero-order valence-electron chi connectivity index (χ0n) is 24.2. The van der Waals surface area contributed by atoms with Gasteiger partial charge in [-0.3, -0.25) is 14.7 Å². The summed E-state index contributed by atoms with van der Waals surface area (Å²) in [5.41, 5.74) is 2.86. The van der Waals surface area contributed by atoms with Gasteiger partial charge in [-0.2, -0.15) is 9.97 Å². The third-order valence-electron chi connectivity index (χ3n) is 8.23. The molecule has 3 aliphatic rings. The molecule has 1 aliphatic carbocycles. The largest absolute Gasteiger partial charge is 0.473 e. The van der Waals surface area contributed by atoms with Crippen LogP contribution in [0.15, 0.2) is 35.1 Å². The fraction of sp³-hybridized carbons (Fsp3) is 0.500. The Hall–Kier alpha value is -3.65. The molecule has 0 radical (unpaired) electrons. The minimum atomic E-state index is -0.402. The van der Waals surface area contributed by atoms with E-state index in [1.807, 2.05) is 19.1 Å². The number of carbonyl (C=O) groups is 1. The molecular formula is C30H35N7O5S. The van der Waals surface area contributed by atoms with E-state index in [0.29, 0.717) is 42.4 Å². The summed E-state index contributed by atoms with van der Waals surface area (Å²) in [4.78, 5) is 36.4. The smallest absolute Gasteiger partial charge is 0.277 e. The highest BCUT2D eigenvalue weighted by molar-refractivity contribution is 7.22. The van der Waals surface area contributed by atoms with E-state index in [4.69, 9.17) is 28.6 Å². The van der Waals surface area contributed by atoms with Crippen LogP contribution in [0.3, 0.4) is 0 Å². The zero-order chi connectivity index (χ0) is 29.2. The van der Waals surface area contributed by atoms with Crippen LogP contribution in [0.2, 0.25) is 0 Å². The molecule has 13 heteroatoms. The van der Waals surface area contributed by atoms with Crippen LogP contribution < -0.4 is 15.0 Å². The fourth-order valence-corrected chi connectivity index (χ4v) is 6.91. The van der Waals surface area contributed by atoms with Crippen LogP contribution in [0, 0.1) is 6.92 Å². The second-order valence-corrected chi connectivity index (χ2v) is 12.1. The molecule has 3 fully saturated rings. The van der Waals surface area contributed by atoms with Gasteiger partial charge in [0, 0.05) is 49.7 Å². The van der Waals surface area contributed by atoms with Crippen molar-refractivity contribution in [2.45, 2.75) is 44.8 Å². The molecule has 0 spiro atoms. The highest BCUT2D eigenvalue weighted by Gasteiger charge is 2.29. The number of hydrogen-bond donors (Lipinski definition) is 1. The predicted molar refractivity (Wildman–Crippen MR) is 162 cm³/mol. The van der Waals surface area contributed by atoms with Crippen molar-refractivity contribution in [1.82, 2.24) is 24.8 Å². The van der Waals surface area contributed by atoms with Crippen LogP contribution in [0.4, 0.5) is 10.8 Å². The number of morpholine rings is 2. The lowest BCUT2D eigenvalue weighted by Gasteiger charge is -2.38. The molecular weight excluding hydrogens is 570 g/mol. The van der Waals surface area contributed by atoms with Crippen molar-refractivity contribution in [1.29, 1.82) is 0 Å². The molecule has 4 aromatic heterocycles. The topological polar surface area (TPSA) is 128 Å². The Morgan fingerprint density at radius 1 is 1.00 bits per heavy atom. The van der Waals surface area contributed by atoms with E-state index >= 15 is 0 Å². The van der Waals surface area contributed by atoms with Crippen molar-refractivity contribution >= 4 is 38.4 Å². The number of amides is 1. The van der Waals surface area contributed by atoms with E-state index in [1.165, 1.54) is 6.26 Å². The first-order valence-corrected chi connectivity index (χ1v) is 15.7. The quantitative estimate of drug-likeness (QED) is 0.326. The summed E-state index contributed by atoms with van der Waals surface area (Å²) in [7, 11) is 0. The molecule has 0 aromatic carbocycles. The number of anilines is 2. The first-order chi connectivity index (χ1) is 21.1. The molecule has 12 nitrogen and oxygen atoms in total. The Labute approximate surface area is 253 Å². The number of aryl methyl sites for hydroxylation is 1. The normalized spacial score (nSPS) is 21.7. The summed E-state index contributed by atoms with van der Waals surface area (Å²) >= 11 is 1.55. The second kappa shape index (κ2) is 12.5. The molecule has 226 valence electrons. The molecule has 2 saturated heterocycles. The number of pyridine rings is 2. The standard InChI is InChI=1S/C30H35N7O5S/c1-19-16-20(6-7-31-19)28-33-24(18-41-28)27(38)32-23-17-25-26(35-30(43-25)37-10-14-40-15-11-37)34-29(23)42-22-4-2-21(3-5-22)36-8-12-39-13-9-36/h6-7,16-18,21-22H,2-5,8-15H2,1H3,(H,32,38)/t21-,22-. The molecule has 0 bridgehead atoms. The van der Waals surface area contributed by atoms with E-state index in [1.54, 1.807) is 23.6 Å². The molecule has 6 heterocycles. The lowest BCUT2D eigenvalue weighted by Crippen LogP contribution is -2.46. The third kappa shape index (κ3) is 6.35. The van der Waals surface area contributed by atoms with Crippen molar-refractivity contribution in [3.8, 4) is 17.3 Å². The average molecular weight is 606 g/mol. The maximum absolute atomic E-state index is 13.4. The summed E-state index contributed by atoms with van der Waals surface area (Å²) < 4.78 is 24.1. The van der Waals surface area contributed by atoms with Crippen molar-refractivity contribution in [2.75, 3.05) is 62.8 Å². The van der Waals surface area contributed by atoms with Gasteiger partial charge in [-0.05, 0) is 50.8 Å². The predicted octanol–water partition coefficient (Wildman–Crippen LogP) is 4.16. The second-order valence-electron chi connectivity index (χ2n) is 11.1. The Balaban J connectivity index is 1.12. The van der Waals surface area contributed by atoms with Crippen LogP contribution >= 0.6 is 11.3 Å². The Morgan fingerprint density at radius 3 is 2.53 bits per heavy atom. The molecule has 4 aromatic rings. The minimum absolute atomic E-state index is 0.00354. The third-order valence-corrected chi connectivity index (χ3v) is 9.28. The van der Waals surface area contributed by atoms with E-state index in [0.717, 1.165) is 86.2 Å². The summed E-state index contributed by atoms with van der Waals surface area (Å²) in [5, 5.41) is 3.88. The summed E-state index contributed by atoms with van der Waals surface area (Å²) in [6.45, 7) is 8.39. The number of aromatic nitrogens is 4. The molecule has 7 rings (SSSR count). The molecule has 43 heavy (non-hydrogen) atoms. The van der Waals surface area contributed by atoms with Crippen molar-refractivity contribution < 1.29 is 23.4 Å². The summed E-state index contributed by atoms with van der Waals surface area (Å²) in [6, 6.07) is 6.12. The van der Waals surface area contributed by atoms with E-state index in [2.05, 4.69) is 25.1 Å². The van der Waals surface area contributed by atoms with Gasteiger partial charge in [0.15, 0.2) is 16.5 Å². The van der Waals surface area contributed by atoms with Crippen LogP contribution in [-0.2, 0) is 9.47 Å². The zero-order valence-corrected chi connectivity index (χ0v) is 25.0. The van der Waals surface area contributed by atoms with Gasteiger partial charge in [0.25, 0.3) is 5.91 Å². The number of nitrogens with one attached hydrogen (secondary N) is 1. The number of oxazole rings is 1. The minimum Gasteiger partial charge on any atom is -0.473 e. The monoisotopic (exact) mass is 605 g/mol. The van der Waals surface area contributed by atoms with Gasteiger partial charge in [-0.25, -0.2) is 4.98 Å². The van der Waals surface area contributed by atoms with Crippen LogP contribution in [0.1, 0.15) is 41.9 Å². The molecule has 1 amide bonds. The summed E-state index contributed by atoms with van der Waals surface area (Å²) in [6.07, 6.45) is 7.01. The number of fused-ring (bicyclic) bond motifs is 1. The number of nitrogens with zero attached hydrogens (tertiary/aromatic N) is 6. The van der Waals surface area contributed by atoms with E-state index < -0.39 is 5.91 Å². The van der Waals surface area contributed by atoms with E-state index in [-0.39, 0.29) is 11.8 Å². The number of rotatable bonds is 7. The maximum Gasteiger partial charge on any atom is 0.277 e. The highest BCUT2D eigenvalue weighted by atomic mass is 32.1. The van der Waals surface area contributed by atoms with E-state index in [9.17, 15) is 4.79 Å². The van der Waals surface area contributed by atoms with Gasteiger partial charge in [0.1, 0.15) is 18.1 Å². The Kier molecular flexibility index (Phi) is 8.20. The highest BCUT2D eigenvalue weighted by Crippen LogP contribution is 2.36. The fourth-order valence-electron chi connectivity index (χ4n) is 5.91. The molecule has 0 unspecified atom stereocenters. The number of carbonyl (C=O) groups excluding carboxylic acids is 1. The van der Waals surface area contributed by atoms with Gasteiger partial charge < -0.3 is 28.8 Å². The molecule has 2 aliphatic heterocycles. The molecule has 1 N–H and O–H groups in total. The maximum atomic E-state index is 13.4. The van der Waals surface area contributed by atoms with Crippen molar-refractivity contribution in [2.24, 2.45) is 0 Å². The Bertz CT molecular complexity index is 1570.